The summed E-state index contributed by atoms with van der Waals surface area (Å²) in [6, 6.07) is 13.7. The van der Waals surface area contributed by atoms with Gasteiger partial charge in [-0.3, -0.25) is 10.2 Å². The number of ketones is 1. The maximum absolute atomic E-state index is 12.4. The number of carbonyl (C=O) groups is 1. The van der Waals surface area contributed by atoms with E-state index in [4.69, 9.17) is 16.9 Å². The van der Waals surface area contributed by atoms with E-state index in [-0.39, 0.29) is 17.4 Å². The first-order valence-corrected chi connectivity index (χ1v) is 13.3. The number of allylic oxidation sites excluding steroid dienone is 2. The number of aryl methyl sites for hydroxylation is 1. The van der Waals surface area contributed by atoms with Crippen molar-refractivity contribution in [3.8, 4) is 23.5 Å². The topological polar surface area (TPSA) is 130 Å². The van der Waals surface area contributed by atoms with Gasteiger partial charge in [0, 0.05) is 43.2 Å². The van der Waals surface area contributed by atoms with Crippen molar-refractivity contribution < 1.29 is 13.6 Å². The van der Waals surface area contributed by atoms with Crippen molar-refractivity contribution in [2.45, 2.75) is 40.7 Å². The average Bonchev–Trinajstić information content (AvgIpc) is 2.97. The number of nitrogen functional groups attached to an aromatic ring is 2. The number of carbonyl (C=O) groups excluding carboxylic acids is 1. The van der Waals surface area contributed by atoms with Crippen molar-refractivity contribution in [1.82, 2.24) is 15.6 Å². The van der Waals surface area contributed by atoms with Gasteiger partial charge in [0.1, 0.15) is 11.7 Å². The zero-order valence-electron chi connectivity index (χ0n) is 24.8. The van der Waals surface area contributed by atoms with Gasteiger partial charge in [0.2, 0.25) is 0 Å². The Hall–Kier alpha value is -4.81. The number of pyridine rings is 1. The number of Topliss-reactive ketones (excluding diaryl/α,β-unsaturated/α-hetero) is 1. The molecule has 7 nitrogen and oxygen atoms in total. The van der Waals surface area contributed by atoms with Crippen LogP contribution in [0, 0.1) is 29.4 Å². The number of benzene rings is 2. The van der Waals surface area contributed by atoms with E-state index >= 15 is 0 Å². The normalized spacial score (nSPS) is 10.8. The molecule has 0 radical (unpaired) electrons. The van der Waals surface area contributed by atoms with Crippen molar-refractivity contribution in [2.24, 2.45) is 5.73 Å². The van der Waals surface area contributed by atoms with Gasteiger partial charge in [-0.1, -0.05) is 43.3 Å². The molecule has 1 heterocycles. The second kappa shape index (κ2) is 18.5. The average molecular weight is 575 g/mol. The lowest BCUT2D eigenvalue weighted by Crippen LogP contribution is -2.23. The van der Waals surface area contributed by atoms with Crippen LogP contribution < -0.4 is 22.1 Å². The molecule has 0 saturated heterocycles. The minimum Gasteiger partial charge on any atom is -0.388 e. The van der Waals surface area contributed by atoms with Crippen molar-refractivity contribution in [2.75, 3.05) is 19.3 Å². The predicted octanol–water partition coefficient (Wildman–Crippen LogP) is 5.51. The first-order chi connectivity index (χ1) is 20.0. The number of nitrogens with zero attached hydrogens (tertiary/aromatic N) is 1. The number of halogens is 2. The van der Waals surface area contributed by atoms with Crippen LogP contribution in [-0.2, 0) is 17.8 Å². The molecule has 0 saturated carbocycles. The van der Waals surface area contributed by atoms with Crippen LogP contribution in [0.15, 0.2) is 78.1 Å². The molecule has 3 aromatic rings. The molecule has 9 heteroatoms. The molecule has 3 rings (SSSR count). The number of likely N-dealkylation sites (N-methyl/N-ethyl adjacent to an activating group) is 1. The van der Waals surface area contributed by atoms with Crippen molar-refractivity contribution in [3.05, 3.63) is 106 Å². The Labute approximate surface area is 247 Å². The van der Waals surface area contributed by atoms with E-state index in [9.17, 15) is 13.6 Å². The van der Waals surface area contributed by atoms with Crippen LogP contribution in [0.3, 0.4) is 0 Å². The summed E-state index contributed by atoms with van der Waals surface area (Å²) in [5.74, 6) is 0.880. The Balaban J connectivity index is 0.000000561. The smallest absolute Gasteiger partial charge is 0.159 e. The summed E-state index contributed by atoms with van der Waals surface area (Å²) in [5.41, 5.74) is 17.0. The molecule has 0 amide bonds. The molecule has 2 aromatic carbocycles. The Morgan fingerprint density at radius 1 is 1.10 bits per heavy atom. The number of rotatable bonds is 10. The number of nitrogens with two attached hydrogens (primary N) is 2. The van der Waals surface area contributed by atoms with Gasteiger partial charge in [-0.05, 0) is 68.2 Å². The summed E-state index contributed by atoms with van der Waals surface area (Å²) in [7, 11) is 1.81. The Bertz CT molecular complexity index is 1440. The number of terminal acetylenes is 1. The fraction of sp³-hybridized carbons (Fsp3) is 0.242. The number of hydrogen-bond acceptors (Lipinski definition) is 6. The molecule has 0 aliphatic carbocycles. The number of anilines is 1. The summed E-state index contributed by atoms with van der Waals surface area (Å²) < 4.78 is 24.7. The number of nitrogens with one attached hydrogen (secondary N) is 3. The lowest BCUT2D eigenvalue weighted by Gasteiger charge is -2.12. The molecule has 0 fully saturated rings. The molecule has 0 aliphatic heterocycles. The SMILES string of the molecule is C#CC.C/C=C\C(NC)=C(/CNCc1ccc(-c2cnc(N)c(C(=N)N)c2)cc1)C(C)=O.CCc1ccc(F)c(F)c1. The van der Waals surface area contributed by atoms with Gasteiger partial charge in [0.05, 0.1) is 5.56 Å². The zero-order chi connectivity index (χ0) is 31.7. The van der Waals surface area contributed by atoms with E-state index in [1.807, 2.05) is 50.3 Å². The van der Waals surface area contributed by atoms with Gasteiger partial charge in [0.25, 0.3) is 0 Å². The van der Waals surface area contributed by atoms with Crippen molar-refractivity contribution in [1.29, 1.82) is 5.41 Å². The molecule has 0 aliphatic rings. The van der Waals surface area contributed by atoms with E-state index < -0.39 is 11.6 Å². The molecular weight excluding hydrogens is 534 g/mol. The third-order valence-corrected chi connectivity index (χ3v) is 5.87. The Morgan fingerprint density at radius 2 is 1.71 bits per heavy atom. The van der Waals surface area contributed by atoms with Gasteiger partial charge in [-0.2, -0.15) is 0 Å². The summed E-state index contributed by atoms with van der Waals surface area (Å²) in [4.78, 5) is 16.1. The van der Waals surface area contributed by atoms with E-state index in [2.05, 4.69) is 28.0 Å². The second-order valence-electron chi connectivity index (χ2n) is 8.96. The quantitative estimate of drug-likeness (QED) is 0.0714. The number of aromatic nitrogens is 1. The summed E-state index contributed by atoms with van der Waals surface area (Å²) in [5, 5.41) is 14.0. The lowest BCUT2D eigenvalue weighted by molar-refractivity contribution is -0.113. The molecule has 0 atom stereocenters. The molecule has 1 aromatic heterocycles. The highest BCUT2D eigenvalue weighted by atomic mass is 19.2. The van der Waals surface area contributed by atoms with Crippen LogP contribution in [0.25, 0.3) is 11.1 Å². The van der Waals surface area contributed by atoms with Gasteiger partial charge >= 0.3 is 0 Å². The highest BCUT2D eigenvalue weighted by molar-refractivity contribution is 6.00. The molecule has 7 N–H and O–H groups in total. The van der Waals surface area contributed by atoms with E-state index in [1.165, 1.54) is 6.07 Å². The standard InChI is InChI=1S/C22H28N6O.C8H8F2.C3H4/c1-4-5-20(26-3)19(14(2)29)13-27-11-15-6-8-16(9-7-15)17-10-18(21(23)24)22(25)28-12-17;1-2-6-3-4-7(9)8(10)5-6;1-3-2/h4-10,12,26-27H,11,13H2,1-3H3,(H3,23,24)(H2,25,28);3-5H,2H2,1H3;1H,2H3/b5-4-,20-19-;;. The maximum Gasteiger partial charge on any atom is 0.159 e. The van der Waals surface area contributed by atoms with Crippen LogP contribution in [0.1, 0.15) is 44.4 Å². The summed E-state index contributed by atoms with van der Waals surface area (Å²) in [6.07, 6.45) is 10.8. The van der Waals surface area contributed by atoms with Gasteiger partial charge < -0.3 is 22.1 Å². The molecule has 0 spiro atoms. The van der Waals surface area contributed by atoms with Crippen molar-refractivity contribution >= 4 is 17.4 Å². The third-order valence-electron chi connectivity index (χ3n) is 5.87. The minimum absolute atomic E-state index is 0.0347. The maximum atomic E-state index is 12.4. The predicted molar refractivity (Wildman–Crippen MR) is 169 cm³/mol. The summed E-state index contributed by atoms with van der Waals surface area (Å²) >= 11 is 0. The van der Waals surface area contributed by atoms with Gasteiger partial charge in [-0.25, -0.2) is 13.8 Å². The molecule has 0 unspecified atom stereocenters. The van der Waals surface area contributed by atoms with E-state index in [0.29, 0.717) is 24.2 Å². The first kappa shape index (κ1) is 35.2. The highest BCUT2D eigenvalue weighted by Crippen LogP contribution is 2.22. The summed E-state index contributed by atoms with van der Waals surface area (Å²) in [6.45, 7) is 8.14. The second-order valence-corrected chi connectivity index (χ2v) is 8.96. The van der Waals surface area contributed by atoms with Gasteiger partial charge in [0.15, 0.2) is 17.4 Å². The zero-order valence-corrected chi connectivity index (χ0v) is 24.8. The molecule has 0 bridgehead atoms. The Kier molecular flexibility index (Phi) is 15.5. The molecular formula is C33H40F2N6O. The van der Waals surface area contributed by atoms with E-state index in [1.54, 1.807) is 39.2 Å². The van der Waals surface area contributed by atoms with Crippen LogP contribution >= 0.6 is 0 Å². The van der Waals surface area contributed by atoms with Crippen molar-refractivity contribution in [3.63, 3.8) is 0 Å². The highest BCUT2D eigenvalue weighted by Gasteiger charge is 2.10. The lowest BCUT2D eigenvalue weighted by atomic mass is 10.0. The Morgan fingerprint density at radius 3 is 2.21 bits per heavy atom. The fourth-order valence-electron chi connectivity index (χ4n) is 3.67. The molecule has 222 valence electrons. The first-order valence-electron chi connectivity index (χ1n) is 13.3. The minimum atomic E-state index is -0.780. The monoisotopic (exact) mass is 574 g/mol. The van der Waals surface area contributed by atoms with Crippen LogP contribution in [0.4, 0.5) is 14.6 Å². The number of amidine groups is 1. The molecule has 42 heavy (non-hydrogen) atoms. The third kappa shape index (κ3) is 11.4. The van der Waals surface area contributed by atoms with Gasteiger partial charge in [-0.15, -0.1) is 12.3 Å². The van der Waals surface area contributed by atoms with Crippen LogP contribution in [0.2, 0.25) is 0 Å². The fourth-order valence-corrected chi connectivity index (χ4v) is 3.67. The largest absolute Gasteiger partial charge is 0.388 e. The van der Waals surface area contributed by atoms with Crippen LogP contribution in [-0.4, -0.2) is 30.2 Å². The van der Waals surface area contributed by atoms with Crippen LogP contribution in [0.5, 0.6) is 0 Å². The van der Waals surface area contributed by atoms with E-state index in [0.717, 1.165) is 40.4 Å². The number of hydrogen-bond donors (Lipinski definition) is 5.